The van der Waals surface area contributed by atoms with Crippen molar-refractivity contribution in [3.63, 3.8) is 0 Å². The van der Waals surface area contributed by atoms with Crippen LogP contribution in [0.5, 0.6) is 0 Å². The zero-order valence-corrected chi connectivity index (χ0v) is 16.5. The van der Waals surface area contributed by atoms with Crippen LogP contribution >= 0.6 is 0 Å². The highest BCUT2D eigenvalue weighted by atomic mass is 16.5. The van der Waals surface area contributed by atoms with Crippen molar-refractivity contribution in [1.82, 2.24) is 10.2 Å². The molecule has 0 spiro atoms. The quantitative estimate of drug-likeness (QED) is 0.753. The molecule has 1 aromatic carbocycles. The molecule has 4 atom stereocenters. The van der Waals surface area contributed by atoms with Gasteiger partial charge in [-0.1, -0.05) is 18.2 Å². The number of carboxylic acid groups (broad SMARTS) is 1. The minimum atomic E-state index is -0.869. The van der Waals surface area contributed by atoms with Crippen molar-refractivity contribution in [2.75, 3.05) is 19.7 Å². The molecular weight excluding hydrogens is 356 g/mol. The maximum Gasteiger partial charge on any atom is 0.336 e. The Labute approximate surface area is 166 Å². The summed E-state index contributed by atoms with van der Waals surface area (Å²) in [5, 5.41) is 12.5. The fraction of sp³-hybridized carbons (Fsp3) is 0.636. The standard InChI is InChI=1S/C22H30N2O4/c1-14(25)23-20-8-17-11-24(10-16-4-2-3-5-19(16)22(26)27)12-18(17)9-21(20)28-13-15-6-7-15/h2-5,15,17-18,20-21H,6-13H2,1H3,(H,23,25)(H,26,27)/t17-,18+,20-,21-/m1/s1. The van der Waals surface area contributed by atoms with Gasteiger partial charge >= 0.3 is 5.97 Å². The lowest BCUT2D eigenvalue weighted by atomic mass is 9.77. The third kappa shape index (κ3) is 4.55. The minimum Gasteiger partial charge on any atom is -0.478 e. The summed E-state index contributed by atoms with van der Waals surface area (Å²) in [5.41, 5.74) is 1.26. The van der Waals surface area contributed by atoms with E-state index in [9.17, 15) is 14.7 Å². The Hall–Kier alpha value is -1.92. The Kier molecular flexibility index (Phi) is 5.69. The Morgan fingerprint density at radius 2 is 1.89 bits per heavy atom. The molecule has 2 N–H and O–H groups in total. The van der Waals surface area contributed by atoms with Gasteiger partial charge in [0.25, 0.3) is 0 Å². The van der Waals surface area contributed by atoms with Gasteiger partial charge in [0, 0.05) is 33.2 Å². The zero-order valence-electron chi connectivity index (χ0n) is 16.5. The van der Waals surface area contributed by atoms with Crippen molar-refractivity contribution in [3.05, 3.63) is 35.4 Å². The van der Waals surface area contributed by atoms with E-state index in [2.05, 4.69) is 10.2 Å². The van der Waals surface area contributed by atoms with Gasteiger partial charge in [-0.2, -0.15) is 0 Å². The summed E-state index contributed by atoms with van der Waals surface area (Å²) in [6.45, 7) is 4.97. The third-order valence-corrected chi connectivity index (χ3v) is 6.47. The predicted octanol–water partition coefficient (Wildman–Crippen LogP) is 2.53. The van der Waals surface area contributed by atoms with Crippen molar-refractivity contribution in [1.29, 1.82) is 0 Å². The van der Waals surface area contributed by atoms with Crippen LogP contribution in [0.25, 0.3) is 0 Å². The molecule has 6 nitrogen and oxygen atoms in total. The summed E-state index contributed by atoms with van der Waals surface area (Å²) in [5.74, 6) is 0.921. The molecule has 4 rings (SSSR count). The molecule has 1 saturated heterocycles. The zero-order chi connectivity index (χ0) is 19.7. The molecule has 3 aliphatic rings. The lowest BCUT2D eigenvalue weighted by Crippen LogP contribution is -2.50. The van der Waals surface area contributed by atoms with Crippen LogP contribution in [0.3, 0.4) is 0 Å². The van der Waals surface area contributed by atoms with E-state index in [1.165, 1.54) is 12.8 Å². The monoisotopic (exact) mass is 386 g/mol. The van der Waals surface area contributed by atoms with E-state index in [1.54, 1.807) is 19.1 Å². The molecule has 3 fully saturated rings. The molecule has 0 unspecified atom stereocenters. The highest BCUT2D eigenvalue weighted by Crippen LogP contribution is 2.39. The van der Waals surface area contributed by atoms with Gasteiger partial charge in [-0.15, -0.1) is 0 Å². The number of aromatic carboxylic acids is 1. The maximum absolute atomic E-state index is 11.7. The Morgan fingerprint density at radius 1 is 1.18 bits per heavy atom. The van der Waals surface area contributed by atoms with Crippen LogP contribution in [-0.2, 0) is 16.1 Å². The number of likely N-dealkylation sites (tertiary alicyclic amines) is 1. The van der Waals surface area contributed by atoms with E-state index >= 15 is 0 Å². The fourth-order valence-corrected chi connectivity index (χ4v) is 4.89. The number of hydrogen-bond donors (Lipinski definition) is 2. The van der Waals surface area contributed by atoms with E-state index in [4.69, 9.17) is 4.74 Å². The van der Waals surface area contributed by atoms with Crippen molar-refractivity contribution in [3.8, 4) is 0 Å². The first kappa shape index (κ1) is 19.4. The first-order valence-electron chi connectivity index (χ1n) is 10.4. The lowest BCUT2D eigenvalue weighted by Gasteiger charge is -2.38. The molecule has 2 aliphatic carbocycles. The average molecular weight is 386 g/mol. The van der Waals surface area contributed by atoms with E-state index < -0.39 is 5.97 Å². The highest BCUT2D eigenvalue weighted by molar-refractivity contribution is 5.89. The largest absolute Gasteiger partial charge is 0.478 e. The topological polar surface area (TPSA) is 78.9 Å². The summed E-state index contributed by atoms with van der Waals surface area (Å²) in [6, 6.07) is 7.35. The first-order chi connectivity index (χ1) is 13.5. The van der Waals surface area contributed by atoms with Crippen LogP contribution in [0.1, 0.15) is 48.5 Å². The number of carboxylic acids is 1. The van der Waals surface area contributed by atoms with Crippen LogP contribution < -0.4 is 5.32 Å². The minimum absolute atomic E-state index is 0.00807. The number of amides is 1. The Morgan fingerprint density at radius 3 is 2.57 bits per heavy atom. The van der Waals surface area contributed by atoms with Gasteiger partial charge in [0.15, 0.2) is 0 Å². The number of nitrogens with zero attached hydrogens (tertiary/aromatic N) is 1. The van der Waals surface area contributed by atoms with E-state index in [1.807, 2.05) is 12.1 Å². The van der Waals surface area contributed by atoms with E-state index in [-0.39, 0.29) is 18.1 Å². The normalized spacial score (nSPS) is 30.0. The van der Waals surface area contributed by atoms with Gasteiger partial charge in [-0.05, 0) is 55.1 Å². The number of hydrogen-bond acceptors (Lipinski definition) is 4. The smallest absolute Gasteiger partial charge is 0.336 e. The highest BCUT2D eigenvalue weighted by Gasteiger charge is 2.43. The molecule has 0 radical (unpaired) electrons. The van der Waals surface area contributed by atoms with Crippen LogP contribution in [0, 0.1) is 17.8 Å². The number of carbonyl (C=O) groups is 2. The molecule has 28 heavy (non-hydrogen) atoms. The molecule has 1 aromatic rings. The second kappa shape index (κ2) is 8.21. The van der Waals surface area contributed by atoms with Crippen molar-refractivity contribution < 1.29 is 19.4 Å². The van der Waals surface area contributed by atoms with Crippen molar-refractivity contribution in [2.24, 2.45) is 17.8 Å². The third-order valence-electron chi connectivity index (χ3n) is 6.47. The van der Waals surface area contributed by atoms with Crippen LogP contribution in [-0.4, -0.2) is 53.7 Å². The second-order valence-corrected chi connectivity index (χ2v) is 8.77. The molecule has 1 heterocycles. The van der Waals surface area contributed by atoms with Gasteiger partial charge < -0.3 is 15.2 Å². The summed E-state index contributed by atoms with van der Waals surface area (Å²) < 4.78 is 6.22. The van der Waals surface area contributed by atoms with Gasteiger partial charge in [0.05, 0.1) is 17.7 Å². The first-order valence-corrected chi connectivity index (χ1v) is 10.4. The summed E-state index contributed by atoms with van der Waals surface area (Å²) in [4.78, 5) is 25.5. The summed E-state index contributed by atoms with van der Waals surface area (Å²) in [6.07, 6.45) is 4.54. The van der Waals surface area contributed by atoms with Gasteiger partial charge in [0.1, 0.15) is 0 Å². The maximum atomic E-state index is 11.7. The van der Waals surface area contributed by atoms with Crippen LogP contribution in [0.2, 0.25) is 0 Å². The number of nitrogens with one attached hydrogen (secondary N) is 1. The second-order valence-electron chi connectivity index (χ2n) is 8.77. The SMILES string of the molecule is CC(=O)N[C@@H]1C[C@@H]2CN(Cc3ccccc3C(=O)O)C[C@@H]2C[C@H]1OCC1CC1. The molecule has 0 bridgehead atoms. The van der Waals surface area contributed by atoms with Crippen molar-refractivity contribution in [2.45, 2.75) is 51.3 Å². The van der Waals surface area contributed by atoms with Gasteiger partial charge in [-0.25, -0.2) is 4.79 Å². The molecule has 0 aromatic heterocycles. The van der Waals surface area contributed by atoms with Gasteiger partial charge in [0.2, 0.25) is 5.91 Å². The van der Waals surface area contributed by atoms with Crippen LogP contribution in [0.4, 0.5) is 0 Å². The van der Waals surface area contributed by atoms with E-state index in [0.29, 0.717) is 29.9 Å². The summed E-state index contributed by atoms with van der Waals surface area (Å²) in [7, 11) is 0. The van der Waals surface area contributed by atoms with Gasteiger partial charge in [-0.3, -0.25) is 9.69 Å². The summed E-state index contributed by atoms with van der Waals surface area (Å²) >= 11 is 0. The Balaban J connectivity index is 1.41. The molecule has 1 aliphatic heterocycles. The molecular formula is C22H30N2O4. The Bertz CT molecular complexity index is 733. The number of fused-ring (bicyclic) bond motifs is 1. The molecule has 2 saturated carbocycles. The molecule has 1 amide bonds. The number of carbonyl (C=O) groups excluding carboxylic acids is 1. The number of ether oxygens (including phenoxy) is 1. The molecule has 6 heteroatoms. The molecule has 152 valence electrons. The number of rotatable bonds is 7. The van der Waals surface area contributed by atoms with Crippen molar-refractivity contribution >= 4 is 11.9 Å². The average Bonchev–Trinajstić information content (AvgIpc) is 3.39. The lowest BCUT2D eigenvalue weighted by molar-refractivity contribution is -0.122. The van der Waals surface area contributed by atoms with E-state index in [0.717, 1.165) is 38.1 Å². The predicted molar refractivity (Wildman–Crippen MR) is 105 cm³/mol. The number of benzene rings is 1. The fourth-order valence-electron chi connectivity index (χ4n) is 4.89. The van der Waals surface area contributed by atoms with Crippen LogP contribution in [0.15, 0.2) is 24.3 Å².